The average Bonchev–Trinajstić information content (AvgIpc) is 3.20. The summed E-state index contributed by atoms with van der Waals surface area (Å²) in [4.78, 5) is 32.7. The molecule has 0 bridgehead atoms. The Kier molecular flexibility index (Phi) is 6.13. The van der Waals surface area contributed by atoms with Crippen LogP contribution in [0.4, 0.5) is 0 Å². The van der Waals surface area contributed by atoms with Gasteiger partial charge in [0, 0.05) is 15.6 Å². The summed E-state index contributed by atoms with van der Waals surface area (Å²) in [5.74, 6) is 0.440. The number of hydrogen-bond acceptors (Lipinski definition) is 3. The van der Waals surface area contributed by atoms with Gasteiger partial charge in [-0.05, 0) is 60.6 Å². The molecule has 5 nitrogen and oxygen atoms in total. The van der Waals surface area contributed by atoms with Crippen LogP contribution in [0, 0.1) is 5.92 Å². The van der Waals surface area contributed by atoms with Crippen molar-refractivity contribution in [3.8, 4) is 16.9 Å². The van der Waals surface area contributed by atoms with Crippen LogP contribution in [0.25, 0.3) is 28.0 Å². The average molecular weight is 552 g/mol. The van der Waals surface area contributed by atoms with Gasteiger partial charge in [0.25, 0.3) is 5.56 Å². The summed E-state index contributed by atoms with van der Waals surface area (Å²) in [5.41, 5.74) is 5.91. The van der Waals surface area contributed by atoms with Gasteiger partial charge in [-0.15, -0.1) is 0 Å². The van der Waals surface area contributed by atoms with Crippen molar-refractivity contribution in [1.82, 2.24) is 14.3 Å². The summed E-state index contributed by atoms with van der Waals surface area (Å²) in [6.07, 6.45) is 2.73. The van der Waals surface area contributed by atoms with Crippen LogP contribution in [0.15, 0.2) is 94.2 Å². The fourth-order valence-electron chi connectivity index (χ4n) is 5.39. The number of pyridine rings is 1. The first-order valence-electron chi connectivity index (χ1n) is 12.6. The van der Waals surface area contributed by atoms with Crippen molar-refractivity contribution in [2.24, 2.45) is 5.92 Å². The zero-order valence-electron chi connectivity index (χ0n) is 20.5. The van der Waals surface area contributed by atoms with Gasteiger partial charge in [-0.1, -0.05) is 83.5 Å². The fourth-order valence-corrected chi connectivity index (χ4v) is 5.65. The van der Waals surface area contributed by atoms with Crippen molar-refractivity contribution in [1.29, 1.82) is 0 Å². The van der Waals surface area contributed by atoms with Crippen LogP contribution in [0.1, 0.15) is 34.8 Å². The number of hydrogen-bond donors (Lipinski definition) is 0. The third kappa shape index (κ3) is 4.25. The quantitative estimate of drug-likeness (QED) is 0.230. The molecule has 1 unspecified atom stereocenters. The topological polar surface area (TPSA) is 56.9 Å². The van der Waals surface area contributed by atoms with Crippen molar-refractivity contribution < 1.29 is 4.79 Å². The maximum absolute atomic E-state index is 14.1. The van der Waals surface area contributed by atoms with E-state index in [1.807, 2.05) is 60.7 Å². The second-order valence-corrected chi connectivity index (χ2v) is 10.7. The van der Waals surface area contributed by atoms with Crippen LogP contribution in [0.5, 0.6) is 0 Å². The van der Waals surface area contributed by atoms with Gasteiger partial charge < -0.3 is 0 Å². The third-order valence-electron chi connectivity index (χ3n) is 7.23. The Morgan fingerprint density at radius 3 is 2.32 bits per heavy atom. The SMILES string of the molecule is CC1CCc2c(c(-c3ccccc3)nc3c2c(=O)n(-c2ccccc2)n3CC(=O)c2ccc(Br)cc2)C1. The molecule has 0 radical (unpaired) electrons. The lowest BCUT2D eigenvalue weighted by molar-refractivity contribution is 0.0966. The molecule has 0 N–H and O–H groups in total. The van der Waals surface area contributed by atoms with Gasteiger partial charge in [0.15, 0.2) is 11.4 Å². The molecule has 0 aliphatic heterocycles. The molecule has 37 heavy (non-hydrogen) atoms. The van der Waals surface area contributed by atoms with Gasteiger partial charge in [0.2, 0.25) is 0 Å². The molecule has 6 heteroatoms. The Balaban J connectivity index is 1.64. The molecular weight excluding hydrogens is 526 g/mol. The Hall–Kier alpha value is -3.77. The minimum Gasteiger partial charge on any atom is -0.292 e. The Morgan fingerprint density at radius 1 is 0.946 bits per heavy atom. The van der Waals surface area contributed by atoms with Crippen molar-refractivity contribution in [2.45, 2.75) is 32.7 Å². The monoisotopic (exact) mass is 551 g/mol. The molecule has 0 saturated carbocycles. The number of Topliss-reactive ketones (excluding diaryl/α,β-unsaturated/α-hetero) is 1. The molecule has 1 atom stereocenters. The summed E-state index contributed by atoms with van der Waals surface area (Å²) in [6, 6.07) is 27.0. The highest BCUT2D eigenvalue weighted by atomic mass is 79.9. The van der Waals surface area contributed by atoms with Crippen LogP contribution in [0.3, 0.4) is 0 Å². The molecule has 0 fully saturated rings. The van der Waals surface area contributed by atoms with E-state index in [0.717, 1.165) is 46.1 Å². The molecule has 0 spiro atoms. The van der Waals surface area contributed by atoms with Crippen molar-refractivity contribution in [3.05, 3.63) is 116 Å². The fraction of sp³-hybridized carbons (Fsp3) is 0.194. The lowest BCUT2D eigenvalue weighted by Crippen LogP contribution is -2.24. The Morgan fingerprint density at radius 2 is 1.62 bits per heavy atom. The molecule has 0 amide bonds. The second kappa shape index (κ2) is 9.60. The number of carbonyl (C=O) groups excluding carboxylic acids is 1. The van der Waals surface area contributed by atoms with E-state index in [2.05, 4.69) is 35.0 Å². The van der Waals surface area contributed by atoms with Crippen molar-refractivity contribution >= 4 is 32.7 Å². The first kappa shape index (κ1) is 23.6. The molecule has 3 aromatic carbocycles. The molecule has 0 saturated heterocycles. The number of aryl methyl sites for hydroxylation is 1. The van der Waals surface area contributed by atoms with Gasteiger partial charge >= 0.3 is 0 Å². The summed E-state index contributed by atoms with van der Waals surface area (Å²) < 4.78 is 4.30. The molecule has 5 aromatic rings. The number of benzene rings is 3. The van der Waals surface area contributed by atoms with E-state index in [1.54, 1.807) is 21.5 Å². The molecular formula is C31H26BrN3O2. The summed E-state index contributed by atoms with van der Waals surface area (Å²) >= 11 is 3.44. The number of aromatic nitrogens is 3. The van der Waals surface area contributed by atoms with Crippen molar-refractivity contribution in [2.75, 3.05) is 0 Å². The first-order chi connectivity index (χ1) is 18.0. The van der Waals surface area contributed by atoms with Gasteiger partial charge in [-0.25, -0.2) is 9.67 Å². The molecule has 184 valence electrons. The van der Waals surface area contributed by atoms with E-state index >= 15 is 0 Å². The number of ketones is 1. The highest BCUT2D eigenvalue weighted by Gasteiger charge is 2.28. The number of carbonyl (C=O) groups is 1. The molecule has 6 rings (SSSR count). The minimum atomic E-state index is -0.122. The summed E-state index contributed by atoms with van der Waals surface area (Å²) in [6.45, 7) is 2.26. The second-order valence-electron chi connectivity index (χ2n) is 9.77. The Bertz CT molecular complexity index is 1670. The maximum Gasteiger partial charge on any atom is 0.281 e. The Labute approximate surface area is 223 Å². The zero-order valence-corrected chi connectivity index (χ0v) is 22.1. The van der Waals surface area contributed by atoms with Crippen LogP contribution >= 0.6 is 15.9 Å². The van der Waals surface area contributed by atoms with E-state index < -0.39 is 0 Å². The lowest BCUT2D eigenvalue weighted by Gasteiger charge is -2.24. The van der Waals surface area contributed by atoms with E-state index in [1.165, 1.54) is 0 Å². The summed E-state index contributed by atoms with van der Waals surface area (Å²) in [7, 11) is 0. The predicted molar refractivity (Wildman–Crippen MR) is 150 cm³/mol. The first-order valence-corrected chi connectivity index (χ1v) is 13.4. The van der Waals surface area contributed by atoms with E-state index in [9.17, 15) is 9.59 Å². The van der Waals surface area contributed by atoms with Crippen LogP contribution in [-0.2, 0) is 19.4 Å². The largest absolute Gasteiger partial charge is 0.292 e. The highest BCUT2D eigenvalue weighted by molar-refractivity contribution is 9.10. The number of nitrogens with zero attached hydrogens (tertiary/aromatic N) is 3. The van der Waals surface area contributed by atoms with Crippen molar-refractivity contribution in [3.63, 3.8) is 0 Å². The molecule has 1 aliphatic carbocycles. The van der Waals surface area contributed by atoms with Gasteiger partial charge in [-0.2, -0.15) is 0 Å². The van der Waals surface area contributed by atoms with Gasteiger partial charge in [0.05, 0.1) is 16.8 Å². The molecule has 1 aliphatic rings. The normalized spacial score (nSPS) is 15.0. The van der Waals surface area contributed by atoms with Crippen LogP contribution < -0.4 is 5.56 Å². The van der Waals surface area contributed by atoms with Crippen LogP contribution in [-0.4, -0.2) is 20.1 Å². The molecule has 2 aromatic heterocycles. The standard InChI is InChI=1S/C31H26BrN3O2/c1-20-12-17-25-26(18-20)29(22-8-4-2-5-9-22)33-30-28(25)31(37)35(24-10-6-3-7-11-24)34(30)19-27(36)21-13-15-23(32)16-14-21/h2-11,13-16,20H,12,17-19H2,1H3. The summed E-state index contributed by atoms with van der Waals surface area (Å²) in [5, 5.41) is 0.633. The van der Waals surface area contributed by atoms with E-state index in [-0.39, 0.29) is 17.9 Å². The number of rotatable bonds is 5. The van der Waals surface area contributed by atoms with Crippen LogP contribution in [0.2, 0.25) is 0 Å². The van der Waals surface area contributed by atoms with E-state index in [4.69, 9.17) is 4.98 Å². The zero-order chi connectivity index (χ0) is 25.5. The maximum atomic E-state index is 14.1. The smallest absolute Gasteiger partial charge is 0.281 e. The van der Waals surface area contributed by atoms with E-state index in [0.29, 0.717) is 28.2 Å². The third-order valence-corrected chi connectivity index (χ3v) is 7.76. The predicted octanol–water partition coefficient (Wildman–Crippen LogP) is 6.62. The van der Waals surface area contributed by atoms with Gasteiger partial charge in [0.1, 0.15) is 6.54 Å². The lowest BCUT2D eigenvalue weighted by atomic mass is 9.82. The number of halogens is 1. The molecule has 2 heterocycles. The minimum absolute atomic E-state index is 0.00564. The highest BCUT2D eigenvalue weighted by Crippen LogP contribution is 2.36. The number of fused-ring (bicyclic) bond motifs is 3. The number of para-hydroxylation sites is 1. The van der Waals surface area contributed by atoms with Gasteiger partial charge in [-0.3, -0.25) is 14.3 Å².